The second kappa shape index (κ2) is 5.85. The minimum absolute atomic E-state index is 0.116. The summed E-state index contributed by atoms with van der Waals surface area (Å²) in [6.07, 6.45) is 0.992. The highest BCUT2D eigenvalue weighted by atomic mass is 16.2. The molecule has 3 amide bonds. The van der Waals surface area contributed by atoms with Gasteiger partial charge in [0.15, 0.2) is 5.82 Å². The highest BCUT2D eigenvalue weighted by Crippen LogP contribution is 2.13. The van der Waals surface area contributed by atoms with Crippen molar-refractivity contribution in [1.29, 1.82) is 0 Å². The van der Waals surface area contributed by atoms with Crippen LogP contribution < -0.4 is 5.32 Å². The lowest BCUT2D eigenvalue weighted by Gasteiger charge is -2.14. The van der Waals surface area contributed by atoms with E-state index >= 15 is 0 Å². The maximum Gasteiger partial charge on any atom is 0.327 e. The van der Waals surface area contributed by atoms with Crippen LogP contribution in [0.25, 0.3) is 0 Å². The van der Waals surface area contributed by atoms with Crippen LogP contribution in [0.2, 0.25) is 0 Å². The van der Waals surface area contributed by atoms with Crippen LogP contribution in [0, 0.1) is 6.92 Å². The number of nitrogens with zero attached hydrogens (tertiary/aromatic N) is 4. The molecule has 2 heterocycles. The molecule has 0 aliphatic carbocycles. The molecule has 1 aliphatic rings. The Balaban J connectivity index is 2.14. The predicted octanol–water partition coefficient (Wildman–Crippen LogP) is 1.00. The predicted molar refractivity (Wildman–Crippen MR) is 74.1 cm³/mol. The van der Waals surface area contributed by atoms with E-state index in [2.05, 4.69) is 22.2 Å². The second-order valence-corrected chi connectivity index (χ2v) is 4.86. The maximum atomic E-state index is 11.8. The van der Waals surface area contributed by atoms with E-state index in [9.17, 15) is 9.59 Å². The lowest BCUT2D eigenvalue weighted by atomic mass is 10.3. The number of anilines is 1. The van der Waals surface area contributed by atoms with Crippen LogP contribution >= 0.6 is 0 Å². The number of aromatic nitrogens is 2. The van der Waals surface area contributed by atoms with Crippen LogP contribution in [0.1, 0.15) is 24.9 Å². The van der Waals surface area contributed by atoms with E-state index in [4.69, 9.17) is 0 Å². The van der Waals surface area contributed by atoms with E-state index < -0.39 is 0 Å². The van der Waals surface area contributed by atoms with Gasteiger partial charge in [-0.25, -0.2) is 14.8 Å². The molecular formula is C13H19N5O2. The molecule has 0 bridgehead atoms. The van der Waals surface area contributed by atoms with Crippen molar-refractivity contribution in [3.05, 3.63) is 17.6 Å². The van der Waals surface area contributed by atoms with Crippen molar-refractivity contribution in [2.24, 2.45) is 0 Å². The van der Waals surface area contributed by atoms with Crippen LogP contribution in [0.3, 0.4) is 0 Å². The number of likely N-dealkylation sites (N-methyl/N-ethyl adjacent to an activating group) is 1. The summed E-state index contributed by atoms with van der Waals surface area (Å²) in [5.41, 5.74) is 0.807. The molecule has 1 aromatic rings. The number of aryl methyl sites for hydroxylation is 1. The first-order valence-corrected chi connectivity index (χ1v) is 6.65. The summed E-state index contributed by atoms with van der Waals surface area (Å²) in [6.45, 7) is 4.98. The standard InChI is InChI=1S/C13H19N5O2/c1-4-5-14-10-6-9(2)15-11(16-10)7-18-12(19)8-17(3)13(18)20/h6H,4-5,7-8H2,1-3H3,(H,14,15,16). The Kier molecular flexibility index (Phi) is 4.16. The number of urea groups is 1. The largest absolute Gasteiger partial charge is 0.370 e. The quantitative estimate of drug-likeness (QED) is 0.812. The van der Waals surface area contributed by atoms with Crippen molar-refractivity contribution in [2.75, 3.05) is 25.5 Å². The van der Waals surface area contributed by atoms with Gasteiger partial charge in [0, 0.05) is 25.4 Å². The zero-order valence-electron chi connectivity index (χ0n) is 12.0. The lowest BCUT2D eigenvalue weighted by molar-refractivity contribution is -0.125. The molecule has 1 fully saturated rings. The monoisotopic (exact) mass is 277 g/mol. The Bertz CT molecular complexity index is 531. The fourth-order valence-corrected chi connectivity index (χ4v) is 2.01. The zero-order chi connectivity index (χ0) is 14.7. The van der Waals surface area contributed by atoms with Gasteiger partial charge >= 0.3 is 6.03 Å². The van der Waals surface area contributed by atoms with E-state index in [1.54, 1.807) is 7.05 Å². The number of hydrogen-bond acceptors (Lipinski definition) is 5. The third-order valence-corrected chi connectivity index (χ3v) is 2.99. The first-order chi connectivity index (χ1) is 9.51. The summed E-state index contributed by atoms with van der Waals surface area (Å²) in [5.74, 6) is 0.980. The maximum absolute atomic E-state index is 11.8. The Morgan fingerprint density at radius 1 is 1.35 bits per heavy atom. The van der Waals surface area contributed by atoms with Gasteiger partial charge in [-0.15, -0.1) is 0 Å². The van der Waals surface area contributed by atoms with Gasteiger partial charge < -0.3 is 10.2 Å². The van der Waals surface area contributed by atoms with Crippen molar-refractivity contribution in [1.82, 2.24) is 19.8 Å². The molecule has 7 heteroatoms. The average Bonchev–Trinajstić information content (AvgIpc) is 2.62. The summed E-state index contributed by atoms with van der Waals surface area (Å²) >= 11 is 0. The van der Waals surface area contributed by atoms with E-state index in [-0.39, 0.29) is 25.0 Å². The molecule has 20 heavy (non-hydrogen) atoms. The number of imide groups is 1. The van der Waals surface area contributed by atoms with Crippen LogP contribution in [0.4, 0.5) is 10.6 Å². The molecular weight excluding hydrogens is 258 g/mol. The summed E-state index contributed by atoms with van der Waals surface area (Å²) in [6, 6.07) is 1.54. The summed E-state index contributed by atoms with van der Waals surface area (Å²) in [7, 11) is 1.60. The summed E-state index contributed by atoms with van der Waals surface area (Å²) in [4.78, 5) is 34.7. The topological polar surface area (TPSA) is 78.4 Å². The van der Waals surface area contributed by atoms with E-state index in [0.29, 0.717) is 5.82 Å². The molecule has 1 saturated heterocycles. The van der Waals surface area contributed by atoms with Crippen LogP contribution in [0.15, 0.2) is 6.07 Å². The Morgan fingerprint density at radius 2 is 2.10 bits per heavy atom. The van der Waals surface area contributed by atoms with Crippen molar-refractivity contribution >= 4 is 17.8 Å². The fraction of sp³-hybridized carbons (Fsp3) is 0.538. The van der Waals surface area contributed by atoms with Gasteiger partial charge in [0.05, 0.1) is 6.54 Å². The minimum Gasteiger partial charge on any atom is -0.370 e. The molecule has 7 nitrogen and oxygen atoms in total. The van der Waals surface area contributed by atoms with Crippen molar-refractivity contribution in [3.8, 4) is 0 Å². The Hall–Kier alpha value is -2.18. The molecule has 108 valence electrons. The normalized spacial score (nSPS) is 15.2. The van der Waals surface area contributed by atoms with Crippen molar-refractivity contribution < 1.29 is 9.59 Å². The highest BCUT2D eigenvalue weighted by molar-refractivity contribution is 6.01. The first-order valence-electron chi connectivity index (χ1n) is 6.65. The van der Waals surface area contributed by atoms with E-state index in [1.807, 2.05) is 13.0 Å². The number of nitrogens with one attached hydrogen (secondary N) is 1. The third-order valence-electron chi connectivity index (χ3n) is 2.99. The van der Waals surface area contributed by atoms with Gasteiger partial charge in [-0.05, 0) is 13.3 Å². The minimum atomic E-state index is -0.303. The highest BCUT2D eigenvalue weighted by Gasteiger charge is 2.34. The molecule has 2 rings (SSSR count). The smallest absolute Gasteiger partial charge is 0.327 e. The third kappa shape index (κ3) is 3.04. The van der Waals surface area contributed by atoms with Gasteiger partial charge in [0.1, 0.15) is 12.4 Å². The number of hydrogen-bond donors (Lipinski definition) is 1. The number of rotatable bonds is 5. The van der Waals surface area contributed by atoms with Crippen LogP contribution in [-0.2, 0) is 11.3 Å². The Labute approximate surface area is 118 Å². The molecule has 0 saturated carbocycles. The number of amides is 3. The van der Waals surface area contributed by atoms with E-state index in [0.717, 1.165) is 24.5 Å². The summed E-state index contributed by atoms with van der Waals surface area (Å²) < 4.78 is 0. The molecule has 0 aromatic carbocycles. The SMILES string of the molecule is CCCNc1cc(C)nc(CN2C(=O)CN(C)C2=O)n1. The van der Waals surface area contributed by atoms with Crippen LogP contribution in [-0.4, -0.2) is 51.8 Å². The zero-order valence-corrected chi connectivity index (χ0v) is 12.0. The van der Waals surface area contributed by atoms with Crippen molar-refractivity contribution in [2.45, 2.75) is 26.8 Å². The van der Waals surface area contributed by atoms with Gasteiger partial charge in [-0.1, -0.05) is 6.92 Å². The van der Waals surface area contributed by atoms with Gasteiger partial charge in [-0.2, -0.15) is 0 Å². The molecule has 1 N–H and O–H groups in total. The fourth-order valence-electron chi connectivity index (χ4n) is 2.01. The molecule has 1 aliphatic heterocycles. The van der Waals surface area contributed by atoms with E-state index in [1.165, 1.54) is 9.80 Å². The Morgan fingerprint density at radius 3 is 2.70 bits per heavy atom. The van der Waals surface area contributed by atoms with Gasteiger partial charge in [0.25, 0.3) is 5.91 Å². The first kappa shape index (κ1) is 14.2. The molecule has 0 spiro atoms. The average molecular weight is 277 g/mol. The van der Waals surface area contributed by atoms with Gasteiger partial charge in [-0.3, -0.25) is 9.69 Å². The molecule has 1 aromatic heterocycles. The van der Waals surface area contributed by atoms with Gasteiger partial charge in [0.2, 0.25) is 0 Å². The number of carbonyl (C=O) groups is 2. The van der Waals surface area contributed by atoms with Crippen molar-refractivity contribution in [3.63, 3.8) is 0 Å². The number of carbonyl (C=O) groups excluding carboxylic acids is 2. The molecule has 0 radical (unpaired) electrons. The molecule has 0 unspecified atom stereocenters. The summed E-state index contributed by atoms with van der Waals surface area (Å²) in [5, 5.41) is 3.18. The molecule has 0 atom stereocenters. The van der Waals surface area contributed by atoms with Crippen LogP contribution in [0.5, 0.6) is 0 Å². The second-order valence-electron chi connectivity index (χ2n) is 4.86. The lowest BCUT2D eigenvalue weighted by Crippen LogP contribution is -2.31.